The van der Waals surface area contributed by atoms with E-state index in [0.717, 1.165) is 58.6 Å². The third kappa shape index (κ3) is 10.2. The van der Waals surface area contributed by atoms with Gasteiger partial charge in [0.25, 0.3) is 5.91 Å². The number of carbonyl (C=O) groups excluding carboxylic acids is 4. The van der Waals surface area contributed by atoms with Crippen LogP contribution in [-0.2, 0) is 36.8 Å². The summed E-state index contributed by atoms with van der Waals surface area (Å²) in [5.41, 5.74) is 12.8. The predicted octanol–water partition coefficient (Wildman–Crippen LogP) is 4.30. The number of ether oxygens (including phenoxy) is 1. The van der Waals surface area contributed by atoms with Gasteiger partial charge in [-0.25, -0.2) is 4.79 Å². The van der Waals surface area contributed by atoms with E-state index in [0.29, 0.717) is 6.42 Å². The number of piperidine rings is 1. The van der Waals surface area contributed by atoms with Gasteiger partial charge in [0.05, 0.1) is 6.10 Å². The number of nitrogens with two attached hydrogens (primary N) is 2. The summed E-state index contributed by atoms with van der Waals surface area (Å²) >= 11 is 0. The molecule has 0 aliphatic carbocycles. The topological polar surface area (TPSA) is 157 Å². The average molecular weight is 652 g/mol. The number of carbonyl (C=O) groups is 4. The molecule has 4 aromatic rings. The maximum absolute atomic E-state index is 13.3. The van der Waals surface area contributed by atoms with Crippen LogP contribution < -0.4 is 16.8 Å². The summed E-state index contributed by atoms with van der Waals surface area (Å²) in [4.78, 5) is 54.6. The summed E-state index contributed by atoms with van der Waals surface area (Å²) in [7, 11) is 1.59. The maximum Gasteiger partial charge on any atom is 0.374 e. The summed E-state index contributed by atoms with van der Waals surface area (Å²) in [5.74, 6) is -2.30. The Balaban J connectivity index is 0.000000500. The third-order valence-electron chi connectivity index (χ3n) is 8.35. The number of likely N-dealkylation sites (N-methyl/N-ethyl adjacent to an activating group) is 1. The minimum atomic E-state index is -0.944. The van der Waals surface area contributed by atoms with Crippen LogP contribution in [0.25, 0.3) is 21.5 Å². The molecule has 4 aromatic carbocycles. The van der Waals surface area contributed by atoms with Crippen molar-refractivity contribution in [1.82, 2.24) is 10.2 Å². The van der Waals surface area contributed by atoms with Crippen molar-refractivity contribution < 1.29 is 23.9 Å². The molecule has 1 aliphatic heterocycles. The number of nitrogens with zero attached hydrogens (tertiary/aromatic N) is 2. The van der Waals surface area contributed by atoms with Gasteiger partial charge in [0.15, 0.2) is 0 Å². The second-order valence-electron chi connectivity index (χ2n) is 12.3. The minimum absolute atomic E-state index is 0.131. The fourth-order valence-corrected chi connectivity index (χ4v) is 5.59. The summed E-state index contributed by atoms with van der Waals surface area (Å²) in [6.07, 6.45) is 2.37. The highest BCUT2D eigenvalue weighted by atomic mass is 16.5. The number of aliphatic imine (C=N–C) groups is 1. The molecule has 5 N–H and O–H groups in total. The fourth-order valence-electron chi connectivity index (χ4n) is 5.59. The van der Waals surface area contributed by atoms with Gasteiger partial charge in [-0.3, -0.25) is 14.4 Å². The normalized spacial score (nSPS) is 14.2. The highest BCUT2D eigenvalue weighted by molar-refractivity contribution is 6.36. The molecule has 10 nitrogen and oxygen atoms in total. The summed E-state index contributed by atoms with van der Waals surface area (Å²) in [5, 5.41) is 7.50. The number of amidine groups is 1. The molecule has 1 atom stereocenters. The van der Waals surface area contributed by atoms with E-state index >= 15 is 0 Å². The number of nitrogens with one attached hydrogen (secondary N) is 1. The Bertz CT molecular complexity index is 1780. The molecule has 1 fully saturated rings. The fraction of sp³-hybridized carbons (Fsp3) is 0.342. The van der Waals surface area contributed by atoms with E-state index in [1.165, 1.54) is 4.90 Å². The lowest BCUT2D eigenvalue weighted by Crippen LogP contribution is -2.44. The number of primary amides is 1. The zero-order valence-corrected chi connectivity index (χ0v) is 27.9. The molecule has 0 saturated carbocycles. The lowest BCUT2D eigenvalue weighted by Gasteiger charge is -2.26. The first-order chi connectivity index (χ1) is 23.0. The van der Waals surface area contributed by atoms with Crippen LogP contribution in [0.15, 0.2) is 89.9 Å². The van der Waals surface area contributed by atoms with Gasteiger partial charge in [-0.2, -0.15) is 4.99 Å². The molecular weight excluding hydrogens is 606 g/mol. The van der Waals surface area contributed by atoms with Gasteiger partial charge in [0.2, 0.25) is 17.6 Å². The number of fused-ring (bicyclic) bond motifs is 2. The Labute approximate surface area is 281 Å². The number of esters is 1. The monoisotopic (exact) mass is 651 g/mol. The lowest BCUT2D eigenvalue weighted by molar-refractivity contribution is -0.139. The van der Waals surface area contributed by atoms with Gasteiger partial charge in [-0.05, 0) is 78.9 Å². The maximum atomic E-state index is 13.3. The van der Waals surface area contributed by atoms with E-state index in [1.54, 1.807) is 20.9 Å². The highest BCUT2D eigenvalue weighted by Crippen LogP contribution is 2.20. The Hall–Kier alpha value is -5.09. The number of hydrogen-bond acceptors (Lipinski definition) is 6. The standard InChI is InChI=1S/C32H33N3O4.C6H12N2O/c1-21(2)39-32(38)30(33)34-31(37)28(20-23-13-16-25-9-5-7-11-27(25)19-23)35(3)29(36)17-14-22-12-15-24-8-4-6-10-26(24)18-22;7-6(9)5-1-3-8-4-2-5/h4-13,15-16,18-19,21,28H,14,17,20H2,1-3H3,(H2,33,34,37);5,8H,1-4H2,(H2,7,9). The van der Waals surface area contributed by atoms with Crippen LogP contribution in [0.5, 0.6) is 0 Å². The Kier molecular flexibility index (Phi) is 12.8. The number of aryl methyl sites for hydroxylation is 1. The van der Waals surface area contributed by atoms with Crippen LogP contribution in [0.1, 0.15) is 44.2 Å². The minimum Gasteiger partial charge on any atom is -0.457 e. The van der Waals surface area contributed by atoms with Crippen molar-refractivity contribution in [2.45, 2.75) is 58.1 Å². The van der Waals surface area contributed by atoms with Gasteiger partial charge in [0.1, 0.15) is 6.04 Å². The van der Waals surface area contributed by atoms with Crippen molar-refractivity contribution in [3.8, 4) is 0 Å². The van der Waals surface area contributed by atoms with Gasteiger partial charge in [0, 0.05) is 25.8 Å². The Morgan fingerprint density at radius 2 is 1.38 bits per heavy atom. The van der Waals surface area contributed by atoms with Crippen LogP contribution in [0, 0.1) is 5.92 Å². The van der Waals surface area contributed by atoms with E-state index in [2.05, 4.69) is 16.4 Å². The second kappa shape index (κ2) is 17.2. The van der Waals surface area contributed by atoms with Crippen LogP contribution in [0.4, 0.5) is 0 Å². The van der Waals surface area contributed by atoms with E-state index in [-0.39, 0.29) is 30.6 Å². The molecule has 10 heteroatoms. The molecule has 0 radical (unpaired) electrons. The first kappa shape index (κ1) is 35.8. The molecule has 252 valence electrons. The Morgan fingerprint density at radius 3 is 1.92 bits per heavy atom. The van der Waals surface area contributed by atoms with Crippen LogP contribution >= 0.6 is 0 Å². The molecule has 0 aromatic heterocycles. The van der Waals surface area contributed by atoms with Crippen LogP contribution in [0.2, 0.25) is 0 Å². The van der Waals surface area contributed by atoms with Gasteiger partial charge < -0.3 is 26.4 Å². The van der Waals surface area contributed by atoms with Crippen LogP contribution in [0.3, 0.4) is 0 Å². The number of benzene rings is 4. The molecule has 3 amide bonds. The second-order valence-corrected chi connectivity index (χ2v) is 12.3. The molecule has 48 heavy (non-hydrogen) atoms. The zero-order valence-electron chi connectivity index (χ0n) is 27.9. The van der Waals surface area contributed by atoms with Crippen molar-refractivity contribution in [2.24, 2.45) is 22.4 Å². The molecule has 1 aliphatic rings. The molecule has 5 rings (SSSR count). The summed E-state index contributed by atoms with van der Waals surface area (Å²) in [6, 6.07) is 27.0. The largest absolute Gasteiger partial charge is 0.457 e. The summed E-state index contributed by atoms with van der Waals surface area (Å²) < 4.78 is 5.06. The number of hydrogen-bond donors (Lipinski definition) is 3. The van der Waals surface area contributed by atoms with Gasteiger partial charge in [-0.1, -0.05) is 84.9 Å². The highest BCUT2D eigenvalue weighted by Gasteiger charge is 2.28. The van der Waals surface area contributed by atoms with E-state index < -0.39 is 29.9 Å². The average Bonchev–Trinajstić information content (AvgIpc) is 3.09. The molecule has 0 spiro atoms. The molecular formula is C38H45N5O5. The zero-order chi connectivity index (χ0) is 34.6. The van der Waals surface area contributed by atoms with E-state index in [1.807, 2.05) is 78.9 Å². The SMILES string of the molecule is CC(C)OC(=O)C(N)=NC(=O)C(Cc1ccc2ccccc2c1)N(C)C(=O)CCc1ccc2ccccc2c1.NC(=O)C1CCNCC1. The number of amides is 3. The predicted molar refractivity (Wildman–Crippen MR) is 189 cm³/mol. The smallest absolute Gasteiger partial charge is 0.374 e. The van der Waals surface area contributed by atoms with E-state index in [9.17, 15) is 19.2 Å². The molecule has 0 bridgehead atoms. The van der Waals surface area contributed by atoms with Gasteiger partial charge >= 0.3 is 5.97 Å². The number of rotatable bonds is 9. The van der Waals surface area contributed by atoms with Gasteiger partial charge in [-0.15, -0.1) is 0 Å². The molecule has 1 saturated heterocycles. The summed E-state index contributed by atoms with van der Waals surface area (Å²) in [6.45, 7) is 5.23. The quantitative estimate of drug-likeness (QED) is 0.138. The van der Waals surface area contributed by atoms with Crippen molar-refractivity contribution in [2.75, 3.05) is 20.1 Å². The molecule has 1 unspecified atom stereocenters. The van der Waals surface area contributed by atoms with E-state index in [4.69, 9.17) is 16.2 Å². The van der Waals surface area contributed by atoms with Crippen molar-refractivity contribution >= 4 is 51.1 Å². The van der Waals surface area contributed by atoms with Crippen LogP contribution in [-0.4, -0.2) is 66.7 Å². The Morgan fingerprint density at radius 1 is 0.833 bits per heavy atom. The third-order valence-corrected chi connectivity index (χ3v) is 8.35. The van der Waals surface area contributed by atoms with Crippen molar-refractivity contribution in [3.63, 3.8) is 0 Å². The first-order valence-corrected chi connectivity index (χ1v) is 16.3. The van der Waals surface area contributed by atoms with Crippen molar-refractivity contribution in [1.29, 1.82) is 0 Å². The lowest BCUT2D eigenvalue weighted by atomic mass is 9.98. The van der Waals surface area contributed by atoms with Crippen molar-refractivity contribution in [3.05, 3.63) is 96.1 Å². The first-order valence-electron chi connectivity index (χ1n) is 16.3. The molecule has 1 heterocycles.